The van der Waals surface area contributed by atoms with E-state index in [2.05, 4.69) is 45.5 Å². The summed E-state index contributed by atoms with van der Waals surface area (Å²) in [6, 6.07) is 0. The summed E-state index contributed by atoms with van der Waals surface area (Å²) in [5.74, 6) is 10.4. The topological polar surface area (TPSA) is 74.2 Å². The molecule has 0 amide bonds. The van der Waals surface area contributed by atoms with Crippen LogP contribution in [0.4, 0.5) is 0 Å². The molecule has 40 heavy (non-hydrogen) atoms. The molecule has 2 saturated heterocycles. The second-order valence-electron chi connectivity index (χ2n) is 12.9. The maximum atomic E-state index is 10.6. The van der Waals surface area contributed by atoms with Crippen molar-refractivity contribution in [2.75, 3.05) is 0 Å². The highest BCUT2D eigenvalue weighted by Crippen LogP contribution is 2.34. The van der Waals surface area contributed by atoms with Gasteiger partial charge in [0.05, 0.1) is 12.2 Å². The van der Waals surface area contributed by atoms with E-state index in [0.717, 1.165) is 44.3 Å². The van der Waals surface area contributed by atoms with E-state index >= 15 is 0 Å². The van der Waals surface area contributed by atoms with Gasteiger partial charge in [-0.05, 0) is 78.1 Å². The maximum Gasteiger partial charge on any atom is 0.164 e. The van der Waals surface area contributed by atoms with Crippen LogP contribution in [-0.4, -0.2) is 53.5 Å². The van der Waals surface area contributed by atoms with Crippen LogP contribution < -0.4 is 0 Å². The number of aliphatic hydroxyl groups excluding tert-OH is 1. The zero-order chi connectivity index (χ0) is 29.9. The summed E-state index contributed by atoms with van der Waals surface area (Å²) in [7, 11) is 0. The van der Waals surface area contributed by atoms with Gasteiger partial charge < -0.3 is 28.8 Å². The SMILES string of the molecule is C#C[C@@H]1CCC[C@H]1C.CCCC1OC(C)(C)OC1C(O)C#C[C@H]1CCC[C@@H]1C.CCCC1OC(C)(C)OC1C=O. The fraction of sp³-hybridized carbons (Fsp3) is 0.853. The molecule has 2 heterocycles. The molecule has 228 valence electrons. The van der Waals surface area contributed by atoms with Gasteiger partial charge in [0.25, 0.3) is 0 Å². The predicted octanol–water partition coefficient (Wildman–Crippen LogP) is 6.67. The smallest absolute Gasteiger partial charge is 0.164 e. The van der Waals surface area contributed by atoms with Gasteiger partial charge >= 0.3 is 0 Å². The van der Waals surface area contributed by atoms with Gasteiger partial charge in [0.15, 0.2) is 17.9 Å². The fourth-order valence-corrected chi connectivity index (χ4v) is 6.15. The molecule has 1 N–H and O–H groups in total. The van der Waals surface area contributed by atoms with Gasteiger partial charge in [-0.15, -0.1) is 12.3 Å². The number of aldehydes is 1. The molecule has 6 heteroatoms. The van der Waals surface area contributed by atoms with E-state index in [9.17, 15) is 9.90 Å². The van der Waals surface area contributed by atoms with Crippen molar-refractivity contribution in [3.8, 4) is 24.2 Å². The molecule has 5 unspecified atom stereocenters. The first-order chi connectivity index (χ1) is 18.9. The lowest BCUT2D eigenvalue weighted by atomic mass is 9.97. The number of carbonyl (C=O) groups is 1. The minimum atomic E-state index is -0.749. The normalized spacial score (nSPS) is 36.2. The number of carbonyl (C=O) groups excluding carboxylic acids is 1. The Morgan fingerprint density at radius 2 is 1.38 bits per heavy atom. The van der Waals surface area contributed by atoms with Gasteiger partial charge in [-0.2, -0.15) is 0 Å². The Hall–Kier alpha value is -1.41. The van der Waals surface area contributed by atoms with Crippen molar-refractivity contribution < 1.29 is 28.8 Å². The minimum Gasteiger partial charge on any atom is -0.378 e. The third-order valence-corrected chi connectivity index (χ3v) is 8.39. The highest BCUT2D eigenvalue weighted by Gasteiger charge is 2.44. The zero-order valence-electron chi connectivity index (χ0n) is 26.4. The molecule has 2 saturated carbocycles. The first-order valence-corrected chi connectivity index (χ1v) is 15.7. The van der Waals surface area contributed by atoms with Crippen LogP contribution in [0.15, 0.2) is 0 Å². The maximum absolute atomic E-state index is 10.6. The Balaban J connectivity index is 0.000000236. The first-order valence-electron chi connectivity index (χ1n) is 15.7. The lowest BCUT2D eigenvalue weighted by Gasteiger charge is -2.18. The van der Waals surface area contributed by atoms with Crippen LogP contribution in [0.25, 0.3) is 0 Å². The van der Waals surface area contributed by atoms with E-state index in [0.29, 0.717) is 17.8 Å². The number of ether oxygens (including phenoxy) is 4. The van der Waals surface area contributed by atoms with Crippen LogP contribution in [0.1, 0.15) is 120 Å². The standard InChI is InChI=1S/C17H28O3.C9H16O3.C8H12/c1-5-7-15-16(20-17(3,4)19-15)14(18)11-10-13-9-6-8-12(13)2;1-4-5-7-8(6-10)12-9(2,3)11-7;1-3-8-6-4-5-7(8)2/h12-16,18H,5-9H2,1-4H3;6-8H,4-5H2,1-3H3;1,7-8H,4-6H2,2H3/t12-,13+,14?,15?,16?;;7-,8-/m0.1/s1. The highest BCUT2D eigenvalue weighted by molar-refractivity contribution is 5.57. The third-order valence-electron chi connectivity index (χ3n) is 8.39. The monoisotopic (exact) mass is 560 g/mol. The second kappa shape index (κ2) is 16.3. The first kappa shape index (κ1) is 34.8. The molecule has 6 nitrogen and oxygen atoms in total. The minimum absolute atomic E-state index is 0.0532. The van der Waals surface area contributed by atoms with E-state index < -0.39 is 17.7 Å². The fourth-order valence-electron chi connectivity index (χ4n) is 6.15. The van der Waals surface area contributed by atoms with Crippen LogP contribution in [0.5, 0.6) is 0 Å². The van der Waals surface area contributed by atoms with Crippen molar-refractivity contribution in [3.05, 3.63) is 0 Å². The van der Waals surface area contributed by atoms with Crippen LogP contribution in [0, 0.1) is 47.9 Å². The molecule has 2 aliphatic heterocycles. The number of aliphatic hydroxyl groups is 1. The summed E-state index contributed by atoms with van der Waals surface area (Å²) >= 11 is 0. The Morgan fingerprint density at radius 3 is 1.85 bits per heavy atom. The van der Waals surface area contributed by atoms with Gasteiger partial charge in [-0.25, -0.2) is 0 Å². The molecule has 2 aliphatic carbocycles. The number of hydrogen-bond donors (Lipinski definition) is 1. The molecule has 0 radical (unpaired) electrons. The summed E-state index contributed by atoms with van der Waals surface area (Å²) in [4.78, 5) is 10.6. The average Bonchev–Trinajstić information content (AvgIpc) is 3.64. The number of hydrogen-bond acceptors (Lipinski definition) is 6. The van der Waals surface area contributed by atoms with Gasteiger partial charge in [-0.1, -0.05) is 65.2 Å². The van der Waals surface area contributed by atoms with Crippen molar-refractivity contribution >= 4 is 6.29 Å². The van der Waals surface area contributed by atoms with E-state index in [1.54, 1.807) is 0 Å². The van der Waals surface area contributed by atoms with Crippen LogP contribution in [-0.2, 0) is 23.7 Å². The van der Waals surface area contributed by atoms with Crippen molar-refractivity contribution in [2.45, 2.75) is 162 Å². The average molecular weight is 561 g/mol. The largest absolute Gasteiger partial charge is 0.378 e. The number of terminal acetylenes is 1. The summed E-state index contributed by atoms with van der Waals surface area (Å²) in [6.07, 6.45) is 16.0. The Kier molecular flexibility index (Phi) is 14.2. The summed E-state index contributed by atoms with van der Waals surface area (Å²) in [6.45, 7) is 16.1. The van der Waals surface area contributed by atoms with Crippen LogP contribution >= 0.6 is 0 Å². The second-order valence-corrected chi connectivity index (χ2v) is 12.9. The van der Waals surface area contributed by atoms with Crippen LogP contribution in [0.2, 0.25) is 0 Å². The Bertz CT molecular complexity index is 864. The summed E-state index contributed by atoms with van der Waals surface area (Å²) < 4.78 is 22.6. The van der Waals surface area contributed by atoms with Gasteiger partial charge in [-0.3, -0.25) is 0 Å². The Labute approximate surface area is 244 Å². The molecule has 0 aromatic carbocycles. The van der Waals surface area contributed by atoms with E-state index in [1.165, 1.54) is 32.1 Å². The number of rotatable bonds is 6. The predicted molar refractivity (Wildman–Crippen MR) is 159 cm³/mol. The molecule has 0 aromatic heterocycles. The van der Waals surface area contributed by atoms with E-state index in [4.69, 9.17) is 25.4 Å². The lowest BCUT2D eigenvalue weighted by Crippen LogP contribution is -2.34. The summed E-state index contributed by atoms with van der Waals surface area (Å²) in [5, 5.41) is 10.3. The molecule has 4 fully saturated rings. The molecule has 0 bridgehead atoms. The third kappa shape index (κ3) is 10.8. The Morgan fingerprint density at radius 1 is 0.850 bits per heavy atom. The van der Waals surface area contributed by atoms with E-state index in [-0.39, 0.29) is 24.4 Å². The summed E-state index contributed by atoms with van der Waals surface area (Å²) in [5.41, 5.74) is 0. The van der Waals surface area contributed by atoms with E-state index in [1.807, 2.05) is 27.7 Å². The highest BCUT2D eigenvalue weighted by atomic mass is 16.8. The quantitative estimate of drug-likeness (QED) is 0.289. The molecular formula is C34H56O6. The van der Waals surface area contributed by atoms with Gasteiger partial charge in [0.2, 0.25) is 0 Å². The molecule has 0 aromatic rings. The van der Waals surface area contributed by atoms with Gasteiger partial charge in [0, 0.05) is 11.8 Å². The zero-order valence-corrected chi connectivity index (χ0v) is 26.4. The lowest BCUT2D eigenvalue weighted by molar-refractivity contribution is -0.152. The molecule has 4 rings (SSSR count). The molecule has 0 spiro atoms. The molecule has 4 aliphatic rings. The van der Waals surface area contributed by atoms with Crippen molar-refractivity contribution in [1.82, 2.24) is 0 Å². The van der Waals surface area contributed by atoms with Gasteiger partial charge in [0.1, 0.15) is 18.3 Å². The molecule has 9 atom stereocenters. The van der Waals surface area contributed by atoms with Crippen molar-refractivity contribution in [3.63, 3.8) is 0 Å². The van der Waals surface area contributed by atoms with Crippen molar-refractivity contribution in [1.29, 1.82) is 0 Å². The van der Waals surface area contributed by atoms with Crippen LogP contribution in [0.3, 0.4) is 0 Å². The molecular weight excluding hydrogens is 504 g/mol. The van der Waals surface area contributed by atoms with Crippen molar-refractivity contribution in [2.24, 2.45) is 23.7 Å².